The SMILES string of the molecule is CC/C=C\C/C=C\C/C=C\CCCCCC(=O)OCC(COP(=O)(O)OCC(CO)OC(=O)CCCCCCC/C=C\CCCCCCCC)OC(=O)CCCCCCCCC/C=C\C/C=C\CCCCC. The number of phosphoric acid groups is 1. The molecule has 72 heavy (non-hydrogen) atoms. The molecule has 0 bridgehead atoms. The van der Waals surface area contributed by atoms with Crippen LogP contribution in [-0.2, 0) is 42.2 Å². The number of allylic oxidation sites excluding steroid dienone is 12. The molecule has 0 radical (unpaired) electrons. The molecule has 0 saturated carbocycles. The first-order valence-corrected chi connectivity index (χ1v) is 30.3. The third-order valence-electron chi connectivity index (χ3n) is 12.1. The van der Waals surface area contributed by atoms with Gasteiger partial charge in [0.05, 0.1) is 19.8 Å². The molecule has 0 aromatic carbocycles. The Morgan fingerprint density at radius 1 is 0.403 bits per heavy atom. The van der Waals surface area contributed by atoms with E-state index >= 15 is 0 Å². The zero-order valence-corrected chi connectivity index (χ0v) is 46.8. The fraction of sp³-hybridized carbons (Fsp3) is 0.750. The van der Waals surface area contributed by atoms with Gasteiger partial charge in [-0.1, -0.05) is 196 Å². The van der Waals surface area contributed by atoms with E-state index < -0.39 is 57.8 Å². The van der Waals surface area contributed by atoms with Crippen LogP contribution in [0, 0.1) is 0 Å². The normalized spacial score (nSPS) is 13.9. The molecule has 0 aromatic heterocycles. The van der Waals surface area contributed by atoms with Crippen LogP contribution < -0.4 is 0 Å². The summed E-state index contributed by atoms with van der Waals surface area (Å²) < 4.78 is 39.5. The van der Waals surface area contributed by atoms with Crippen molar-refractivity contribution in [2.45, 2.75) is 264 Å². The zero-order valence-electron chi connectivity index (χ0n) is 45.9. The molecule has 0 aromatic rings. The van der Waals surface area contributed by atoms with E-state index in [2.05, 4.69) is 93.7 Å². The molecule has 0 aliphatic heterocycles. The van der Waals surface area contributed by atoms with Crippen LogP contribution in [0.4, 0.5) is 0 Å². The number of carbonyl (C=O) groups is 3. The van der Waals surface area contributed by atoms with Crippen molar-refractivity contribution in [2.75, 3.05) is 26.4 Å². The van der Waals surface area contributed by atoms with Gasteiger partial charge >= 0.3 is 25.7 Å². The first-order chi connectivity index (χ1) is 35.2. The number of carbonyl (C=O) groups excluding carboxylic acids is 3. The van der Waals surface area contributed by atoms with Crippen molar-refractivity contribution < 1.29 is 52.2 Å². The molecule has 0 rings (SSSR count). The Labute approximate surface area is 439 Å². The third-order valence-corrected chi connectivity index (χ3v) is 13.0. The molecule has 0 aliphatic carbocycles. The molecular formula is C60H105O11P. The number of phosphoric ester groups is 1. The predicted molar refractivity (Wildman–Crippen MR) is 298 cm³/mol. The number of aliphatic hydroxyl groups excluding tert-OH is 1. The van der Waals surface area contributed by atoms with Crippen molar-refractivity contribution in [1.29, 1.82) is 0 Å². The molecule has 0 saturated heterocycles. The molecule has 12 heteroatoms. The summed E-state index contributed by atoms with van der Waals surface area (Å²) >= 11 is 0. The third kappa shape index (κ3) is 51.8. The maximum atomic E-state index is 12.9. The van der Waals surface area contributed by atoms with Gasteiger partial charge in [0.1, 0.15) is 12.7 Å². The molecule has 11 nitrogen and oxygen atoms in total. The fourth-order valence-electron chi connectivity index (χ4n) is 7.69. The van der Waals surface area contributed by atoms with E-state index in [1.807, 2.05) is 0 Å². The Morgan fingerprint density at radius 2 is 0.722 bits per heavy atom. The van der Waals surface area contributed by atoms with Crippen LogP contribution in [-0.4, -0.2) is 66.5 Å². The Kier molecular flexibility index (Phi) is 51.9. The second kappa shape index (κ2) is 54.2. The Balaban J connectivity index is 4.75. The number of esters is 3. The van der Waals surface area contributed by atoms with Crippen molar-refractivity contribution in [3.05, 3.63) is 72.9 Å². The van der Waals surface area contributed by atoms with Gasteiger partial charge < -0.3 is 24.2 Å². The minimum atomic E-state index is -4.76. The Morgan fingerprint density at radius 3 is 1.17 bits per heavy atom. The lowest BCUT2D eigenvalue weighted by atomic mass is 10.1. The monoisotopic (exact) mass is 1030 g/mol. The lowest BCUT2D eigenvalue weighted by Crippen LogP contribution is -2.30. The van der Waals surface area contributed by atoms with Crippen molar-refractivity contribution >= 4 is 25.7 Å². The van der Waals surface area contributed by atoms with Crippen LogP contribution >= 0.6 is 7.82 Å². The van der Waals surface area contributed by atoms with E-state index in [0.29, 0.717) is 19.3 Å². The molecular weight excluding hydrogens is 928 g/mol. The second-order valence-electron chi connectivity index (χ2n) is 19.1. The lowest BCUT2D eigenvalue weighted by Gasteiger charge is -2.21. The van der Waals surface area contributed by atoms with Gasteiger partial charge in [0, 0.05) is 19.3 Å². The summed E-state index contributed by atoms with van der Waals surface area (Å²) in [7, 11) is -4.76. The number of ether oxygens (including phenoxy) is 3. The van der Waals surface area contributed by atoms with Crippen LogP contribution in [0.1, 0.15) is 252 Å². The Hall–Kier alpha value is -3.08. The van der Waals surface area contributed by atoms with E-state index in [1.165, 1.54) is 77.0 Å². The minimum Gasteiger partial charge on any atom is -0.462 e. The van der Waals surface area contributed by atoms with E-state index in [4.69, 9.17) is 23.3 Å². The van der Waals surface area contributed by atoms with Crippen LogP contribution in [0.2, 0.25) is 0 Å². The second-order valence-corrected chi connectivity index (χ2v) is 20.5. The summed E-state index contributed by atoms with van der Waals surface area (Å²) in [5.74, 6) is -1.51. The molecule has 0 aliphatic rings. The van der Waals surface area contributed by atoms with Crippen molar-refractivity contribution in [1.82, 2.24) is 0 Å². The van der Waals surface area contributed by atoms with E-state index in [1.54, 1.807) is 0 Å². The van der Waals surface area contributed by atoms with E-state index in [9.17, 15) is 28.9 Å². The van der Waals surface area contributed by atoms with Gasteiger partial charge in [0.25, 0.3) is 0 Å². The summed E-state index contributed by atoms with van der Waals surface area (Å²) in [6.45, 7) is 4.46. The van der Waals surface area contributed by atoms with Gasteiger partial charge in [-0.15, -0.1) is 0 Å². The first-order valence-electron chi connectivity index (χ1n) is 28.8. The zero-order chi connectivity index (χ0) is 52.7. The molecule has 3 atom stereocenters. The Bertz CT molecular complexity index is 1490. The quantitative estimate of drug-likeness (QED) is 0.0197. The first kappa shape index (κ1) is 68.9. The van der Waals surface area contributed by atoms with Crippen LogP contribution in [0.15, 0.2) is 72.9 Å². The molecule has 0 heterocycles. The maximum absolute atomic E-state index is 12.9. The van der Waals surface area contributed by atoms with Gasteiger partial charge in [-0.25, -0.2) is 4.57 Å². The lowest BCUT2D eigenvalue weighted by molar-refractivity contribution is -0.161. The van der Waals surface area contributed by atoms with Gasteiger partial charge in [-0.3, -0.25) is 23.4 Å². The topological polar surface area (TPSA) is 155 Å². The summed E-state index contributed by atoms with van der Waals surface area (Å²) in [6.07, 6.45) is 60.0. The molecule has 416 valence electrons. The summed E-state index contributed by atoms with van der Waals surface area (Å²) in [5, 5.41) is 9.81. The largest absolute Gasteiger partial charge is 0.472 e. The van der Waals surface area contributed by atoms with Crippen molar-refractivity contribution in [3.63, 3.8) is 0 Å². The standard InChI is InChI=1S/C60H105O11P/c1-4-7-10-13-16-19-22-25-27-28-30-33-36-39-42-45-48-51-60(64)71-57(53-67-58(62)49-46-43-40-37-34-31-24-21-18-15-12-9-6-3)55-69-72(65,66)68-54-56(52-61)70-59(63)50-47-44-41-38-35-32-29-26-23-20-17-14-11-8-5-2/h9,12,16,18-19,21,25-27,29,31,34,56-57,61H,4-8,10-11,13-15,17,20,22-24,28,30,32-33,35-55H2,1-3H3,(H,65,66)/b12-9-,19-16-,21-18-,27-25-,29-26-,34-31-. The van der Waals surface area contributed by atoms with Crippen LogP contribution in [0.25, 0.3) is 0 Å². The summed E-state index contributed by atoms with van der Waals surface area (Å²) in [4.78, 5) is 48.5. The predicted octanol–water partition coefficient (Wildman–Crippen LogP) is 16.9. The maximum Gasteiger partial charge on any atom is 0.472 e. The van der Waals surface area contributed by atoms with E-state index in [0.717, 1.165) is 116 Å². The van der Waals surface area contributed by atoms with E-state index in [-0.39, 0.29) is 25.9 Å². The number of aliphatic hydroxyl groups is 1. The van der Waals surface area contributed by atoms with Gasteiger partial charge in [0.15, 0.2) is 6.10 Å². The molecule has 2 N–H and O–H groups in total. The summed E-state index contributed by atoms with van der Waals surface area (Å²) in [6, 6.07) is 0. The minimum absolute atomic E-state index is 0.150. The molecule has 0 fully saturated rings. The van der Waals surface area contributed by atoms with Crippen molar-refractivity contribution in [3.8, 4) is 0 Å². The highest BCUT2D eigenvalue weighted by atomic mass is 31.2. The fourth-order valence-corrected chi connectivity index (χ4v) is 8.47. The van der Waals surface area contributed by atoms with Crippen LogP contribution in [0.5, 0.6) is 0 Å². The van der Waals surface area contributed by atoms with Gasteiger partial charge in [-0.2, -0.15) is 0 Å². The average Bonchev–Trinajstić information content (AvgIpc) is 3.37. The average molecular weight is 1030 g/mol. The van der Waals surface area contributed by atoms with Gasteiger partial charge in [-0.05, 0) is 109 Å². The smallest absolute Gasteiger partial charge is 0.462 e. The highest BCUT2D eigenvalue weighted by molar-refractivity contribution is 7.47. The molecule has 0 spiro atoms. The van der Waals surface area contributed by atoms with Crippen LogP contribution in [0.3, 0.4) is 0 Å². The molecule has 0 amide bonds. The van der Waals surface area contributed by atoms with Gasteiger partial charge in [0.2, 0.25) is 0 Å². The number of hydrogen-bond acceptors (Lipinski definition) is 10. The summed E-state index contributed by atoms with van der Waals surface area (Å²) in [5.41, 5.74) is 0. The molecule has 3 unspecified atom stereocenters. The highest BCUT2D eigenvalue weighted by Crippen LogP contribution is 2.43. The number of rotatable bonds is 53. The number of hydrogen-bond donors (Lipinski definition) is 2. The van der Waals surface area contributed by atoms with Crippen molar-refractivity contribution in [2.24, 2.45) is 0 Å². The number of unbranched alkanes of at least 4 members (excludes halogenated alkanes) is 24. The highest BCUT2D eigenvalue weighted by Gasteiger charge is 2.28.